The van der Waals surface area contributed by atoms with Gasteiger partial charge in [-0.3, -0.25) is 0 Å². The van der Waals surface area contributed by atoms with E-state index in [0.717, 1.165) is 0 Å². The second-order valence-corrected chi connectivity index (χ2v) is 6.00. The van der Waals surface area contributed by atoms with Crippen LogP contribution < -0.4 is 9.47 Å². The molecular weight excluding hydrogens is 394 g/mol. The molecule has 3 rings (SSSR count). The fraction of sp³-hybridized carbons (Fsp3) is 0.200. The van der Waals surface area contributed by atoms with E-state index < -0.39 is 35.5 Å². The van der Waals surface area contributed by atoms with Gasteiger partial charge in [0.05, 0.1) is 12.7 Å². The van der Waals surface area contributed by atoms with Crippen molar-refractivity contribution in [1.29, 1.82) is 0 Å². The number of ether oxygens (including phenoxy) is 3. The van der Waals surface area contributed by atoms with Gasteiger partial charge in [0, 0.05) is 17.0 Å². The average molecular weight is 409 g/mol. The molecule has 0 amide bonds. The number of benzene rings is 2. The maximum Gasteiger partial charge on any atom is 0.417 e. The van der Waals surface area contributed by atoms with Crippen LogP contribution in [0, 0.1) is 5.82 Å². The van der Waals surface area contributed by atoms with Crippen LogP contribution in [-0.4, -0.2) is 24.2 Å². The Balaban J connectivity index is 1.95. The van der Waals surface area contributed by atoms with E-state index in [0.29, 0.717) is 28.8 Å². The number of halogens is 4. The number of carbonyl (C=O) groups is 1. The predicted molar refractivity (Wildman–Crippen MR) is 95.3 cm³/mol. The SMILES string of the molecule is COC(=O)[C@@H](C)Oc1cccc2c(Oc3ncc(C(F)(F)F)cc3F)cccc12. The van der Waals surface area contributed by atoms with Crippen LogP contribution in [0.1, 0.15) is 12.5 Å². The first-order valence-electron chi connectivity index (χ1n) is 8.37. The van der Waals surface area contributed by atoms with Crippen LogP contribution in [0.5, 0.6) is 17.4 Å². The molecular formula is C20H15F4NO4. The van der Waals surface area contributed by atoms with E-state index in [1.165, 1.54) is 20.1 Å². The van der Waals surface area contributed by atoms with Crippen molar-refractivity contribution in [3.8, 4) is 17.4 Å². The van der Waals surface area contributed by atoms with Gasteiger partial charge in [-0.1, -0.05) is 24.3 Å². The molecule has 0 unspecified atom stereocenters. The smallest absolute Gasteiger partial charge is 0.417 e. The van der Waals surface area contributed by atoms with E-state index in [2.05, 4.69) is 9.72 Å². The summed E-state index contributed by atoms with van der Waals surface area (Å²) < 4.78 is 67.8. The Kier molecular flexibility index (Phi) is 5.58. The molecule has 1 heterocycles. The maximum absolute atomic E-state index is 14.1. The number of nitrogens with zero attached hydrogens (tertiary/aromatic N) is 1. The van der Waals surface area contributed by atoms with Crippen molar-refractivity contribution < 1.29 is 36.6 Å². The lowest BCUT2D eigenvalue weighted by molar-refractivity contribution is -0.147. The van der Waals surface area contributed by atoms with Crippen molar-refractivity contribution >= 4 is 16.7 Å². The lowest BCUT2D eigenvalue weighted by Gasteiger charge is -2.16. The van der Waals surface area contributed by atoms with Crippen molar-refractivity contribution in [2.45, 2.75) is 19.2 Å². The molecule has 0 fully saturated rings. The Hall–Kier alpha value is -3.36. The van der Waals surface area contributed by atoms with Gasteiger partial charge in [-0.2, -0.15) is 13.2 Å². The number of rotatable bonds is 5. The fourth-order valence-electron chi connectivity index (χ4n) is 2.61. The van der Waals surface area contributed by atoms with Crippen LogP contribution in [0.15, 0.2) is 48.7 Å². The second-order valence-electron chi connectivity index (χ2n) is 6.00. The van der Waals surface area contributed by atoms with Crippen molar-refractivity contribution in [2.24, 2.45) is 0 Å². The molecule has 0 spiro atoms. The first-order valence-corrected chi connectivity index (χ1v) is 8.37. The summed E-state index contributed by atoms with van der Waals surface area (Å²) in [6.45, 7) is 1.52. The lowest BCUT2D eigenvalue weighted by Crippen LogP contribution is -2.24. The molecule has 152 valence electrons. The summed E-state index contributed by atoms with van der Waals surface area (Å²) in [4.78, 5) is 15.0. The number of hydrogen-bond acceptors (Lipinski definition) is 5. The number of methoxy groups -OCH3 is 1. The predicted octanol–water partition coefficient (Wildman–Crippen LogP) is 5.13. The molecule has 0 aliphatic carbocycles. The Labute approximate surface area is 162 Å². The van der Waals surface area contributed by atoms with Crippen LogP contribution in [0.3, 0.4) is 0 Å². The van der Waals surface area contributed by atoms with Crippen LogP contribution in [0.2, 0.25) is 0 Å². The van der Waals surface area contributed by atoms with Gasteiger partial charge in [0.2, 0.25) is 0 Å². The minimum Gasteiger partial charge on any atom is -0.478 e. The van der Waals surface area contributed by atoms with Crippen molar-refractivity contribution in [3.63, 3.8) is 0 Å². The summed E-state index contributed by atoms with van der Waals surface area (Å²) in [6.07, 6.45) is -5.09. The first-order chi connectivity index (χ1) is 13.7. The third kappa shape index (κ3) is 4.39. The molecule has 29 heavy (non-hydrogen) atoms. The molecule has 1 aromatic heterocycles. The monoisotopic (exact) mass is 409 g/mol. The van der Waals surface area contributed by atoms with Gasteiger partial charge >= 0.3 is 12.1 Å². The topological polar surface area (TPSA) is 57.7 Å². The van der Waals surface area contributed by atoms with Gasteiger partial charge in [-0.25, -0.2) is 14.2 Å². The van der Waals surface area contributed by atoms with E-state index in [4.69, 9.17) is 9.47 Å². The number of pyridine rings is 1. The van der Waals surface area contributed by atoms with Gasteiger partial charge in [-0.15, -0.1) is 0 Å². The zero-order valence-corrected chi connectivity index (χ0v) is 15.3. The number of alkyl halides is 3. The molecule has 0 bridgehead atoms. The quantitative estimate of drug-likeness (QED) is 0.432. The molecule has 0 saturated heterocycles. The van der Waals surface area contributed by atoms with E-state index in [9.17, 15) is 22.4 Å². The third-order valence-corrected chi connectivity index (χ3v) is 4.02. The molecule has 1 atom stereocenters. The van der Waals surface area contributed by atoms with Crippen molar-refractivity contribution in [1.82, 2.24) is 4.98 Å². The minimum absolute atomic E-state index is 0.157. The Morgan fingerprint density at radius 1 is 1.07 bits per heavy atom. The highest BCUT2D eigenvalue weighted by Crippen LogP contribution is 2.36. The zero-order valence-electron chi connectivity index (χ0n) is 15.3. The molecule has 5 nitrogen and oxygen atoms in total. The van der Waals surface area contributed by atoms with Gasteiger partial charge in [0.25, 0.3) is 5.88 Å². The first kappa shape index (κ1) is 20.4. The number of aromatic nitrogens is 1. The summed E-state index contributed by atoms with van der Waals surface area (Å²) >= 11 is 0. The largest absolute Gasteiger partial charge is 0.478 e. The zero-order chi connectivity index (χ0) is 21.2. The second kappa shape index (κ2) is 7.94. The maximum atomic E-state index is 14.1. The standard InChI is InChI=1S/C20H15F4NO4/c1-11(19(26)27-2)28-16-7-3-6-14-13(16)5-4-8-17(14)29-18-15(21)9-12(10-25-18)20(22,23)24/h3-11H,1-2H3/t11-/m1/s1. The van der Waals surface area contributed by atoms with E-state index in [1.54, 1.807) is 30.3 Å². The van der Waals surface area contributed by atoms with Crippen LogP contribution >= 0.6 is 0 Å². The van der Waals surface area contributed by atoms with Crippen molar-refractivity contribution in [3.05, 3.63) is 60.0 Å². The Bertz CT molecular complexity index is 1050. The summed E-state index contributed by atoms with van der Waals surface area (Å²) in [5, 5.41) is 1.04. The normalized spacial score (nSPS) is 12.5. The van der Waals surface area contributed by atoms with Crippen LogP contribution in [-0.2, 0) is 15.7 Å². The minimum atomic E-state index is -4.71. The number of hydrogen-bond donors (Lipinski definition) is 0. The molecule has 0 saturated carbocycles. The average Bonchev–Trinajstić information content (AvgIpc) is 2.68. The van der Waals surface area contributed by atoms with Gasteiger partial charge < -0.3 is 14.2 Å². The number of fused-ring (bicyclic) bond motifs is 1. The highest BCUT2D eigenvalue weighted by atomic mass is 19.4. The Morgan fingerprint density at radius 3 is 2.28 bits per heavy atom. The number of carbonyl (C=O) groups excluding carboxylic acids is 1. The van der Waals surface area contributed by atoms with E-state index >= 15 is 0 Å². The third-order valence-electron chi connectivity index (χ3n) is 4.02. The van der Waals surface area contributed by atoms with E-state index in [1.807, 2.05) is 0 Å². The van der Waals surface area contributed by atoms with Crippen LogP contribution in [0.4, 0.5) is 17.6 Å². The summed E-state index contributed by atoms with van der Waals surface area (Å²) in [5.41, 5.74) is -1.22. The van der Waals surface area contributed by atoms with Gasteiger partial charge in [-0.05, 0) is 25.1 Å². The highest BCUT2D eigenvalue weighted by Gasteiger charge is 2.32. The van der Waals surface area contributed by atoms with E-state index in [-0.39, 0.29) is 5.75 Å². The van der Waals surface area contributed by atoms with Crippen molar-refractivity contribution in [2.75, 3.05) is 7.11 Å². The lowest BCUT2D eigenvalue weighted by atomic mass is 10.1. The molecule has 3 aromatic rings. The molecule has 0 aliphatic heterocycles. The summed E-state index contributed by atoms with van der Waals surface area (Å²) in [5.74, 6) is -1.90. The van der Waals surface area contributed by atoms with Crippen LogP contribution in [0.25, 0.3) is 10.8 Å². The Morgan fingerprint density at radius 2 is 1.69 bits per heavy atom. The number of esters is 1. The van der Waals surface area contributed by atoms with Gasteiger partial charge in [0.1, 0.15) is 11.5 Å². The summed E-state index contributed by atoms with van der Waals surface area (Å²) in [7, 11) is 1.24. The molecule has 2 aromatic carbocycles. The van der Waals surface area contributed by atoms with Gasteiger partial charge in [0.15, 0.2) is 11.9 Å². The molecule has 0 radical (unpaired) electrons. The molecule has 0 aliphatic rings. The molecule has 9 heteroatoms. The summed E-state index contributed by atoms with van der Waals surface area (Å²) in [6, 6.07) is 10.0. The molecule has 0 N–H and O–H groups in total. The highest BCUT2D eigenvalue weighted by molar-refractivity contribution is 5.93. The fourth-order valence-corrected chi connectivity index (χ4v) is 2.61.